The van der Waals surface area contributed by atoms with E-state index in [-0.39, 0.29) is 24.5 Å². The van der Waals surface area contributed by atoms with Crippen molar-refractivity contribution in [2.45, 2.75) is 26.2 Å². The Bertz CT molecular complexity index is 1680. The second-order valence-electron chi connectivity index (χ2n) is 10.3. The predicted octanol–water partition coefficient (Wildman–Crippen LogP) is 6.24. The van der Waals surface area contributed by atoms with Gasteiger partial charge in [-0.25, -0.2) is 14.0 Å². The van der Waals surface area contributed by atoms with Gasteiger partial charge in [0, 0.05) is 59.6 Å². The molecule has 0 aliphatic carbocycles. The molecule has 11 heteroatoms. The Morgan fingerprint density at radius 3 is 2.45 bits per heavy atom. The zero-order valence-electron chi connectivity index (χ0n) is 23.5. The van der Waals surface area contributed by atoms with Crippen molar-refractivity contribution < 1.29 is 33.0 Å². The van der Waals surface area contributed by atoms with Crippen molar-refractivity contribution in [1.82, 2.24) is 14.9 Å². The van der Waals surface area contributed by atoms with Crippen LogP contribution >= 0.6 is 0 Å². The van der Waals surface area contributed by atoms with Gasteiger partial charge in [-0.2, -0.15) is 0 Å². The Labute approximate surface area is 241 Å². The Morgan fingerprint density at radius 2 is 1.76 bits per heavy atom. The Morgan fingerprint density at radius 1 is 1.05 bits per heavy atom. The van der Waals surface area contributed by atoms with Crippen LogP contribution in [-0.2, 0) is 14.9 Å². The van der Waals surface area contributed by atoms with Crippen LogP contribution in [-0.4, -0.2) is 53.2 Å². The zero-order chi connectivity index (χ0) is 30.0. The van der Waals surface area contributed by atoms with Crippen LogP contribution < -0.4 is 9.64 Å². The molecule has 2 aromatic carbocycles. The largest absolute Gasteiger partial charge is 0.513 e. The first kappa shape index (κ1) is 28.3. The number of aromatic amines is 1. The molecule has 0 unspecified atom stereocenters. The number of rotatable bonds is 5. The van der Waals surface area contributed by atoms with Gasteiger partial charge in [-0.05, 0) is 61.0 Å². The lowest BCUT2D eigenvalue weighted by Gasteiger charge is -2.29. The van der Waals surface area contributed by atoms with Gasteiger partial charge in [-0.15, -0.1) is 0 Å². The third-order valence-corrected chi connectivity index (χ3v) is 6.87. The molecule has 0 atom stereocenters. The summed E-state index contributed by atoms with van der Waals surface area (Å²) < 4.78 is 29.7. The van der Waals surface area contributed by atoms with Crippen molar-refractivity contribution in [1.29, 1.82) is 0 Å². The number of H-pyrrole nitrogens is 1. The number of aromatic nitrogens is 2. The fourth-order valence-electron chi connectivity index (χ4n) is 4.93. The van der Waals surface area contributed by atoms with Crippen molar-refractivity contribution in [3.8, 4) is 5.75 Å². The molecule has 3 heterocycles. The van der Waals surface area contributed by atoms with Gasteiger partial charge in [0.2, 0.25) is 0 Å². The van der Waals surface area contributed by atoms with Gasteiger partial charge < -0.3 is 24.1 Å². The first-order valence-corrected chi connectivity index (χ1v) is 13.2. The van der Waals surface area contributed by atoms with Crippen LogP contribution in [0.2, 0.25) is 0 Å². The highest BCUT2D eigenvalue weighted by Gasteiger charge is 2.37. The third-order valence-electron chi connectivity index (χ3n) is 6.87. The highest BCUT2D eigenvalue weighted by atomic mass is 19.1. The average molecular weight is 573 g/mol. The molecule has 0 fully saturated rings. The average Bonchev–Trinajstić information content (AvgIpc) is 3.32. The molecular formula is C31H29FN4O6. The first-order valence-electron chi connectivity index (χ1n) is 13.2. The molecule has 0 bridgehead atoms. The van der Waals surface area contributed by atoms with E-state index in [1.807, 2.05) is 13.8 Å². The van der Waals surface area contributed by atoms with E-state index in [0.717, 1.165) is 10.9 Å². The van der Waals surface area contributed by atoms with E-state index in [2.05, 4.69) is 9.97 Å². The lowest BCUT2D eigenvalue weighted by atomic mass is 9.82. The molecular weight excluding hydrogens is 543 g/mol. The number of hydrogen-bond donors (Lipinski definition) is 1. The van der Waals surface area contributed by atoms with E-state index >= 15 is 0 Å². The maximum atomic E-state index is 13.5. The van der Waals surface area contributed by atoms with E-state index in [1.54, 1.807) is 56.7 Å². The highest BCUT2D eigenvalue weighted by molar-refractivity contribution is 5.98. The maximum absolute atomic E-state index is 13.5. The molecule has 1 N–H and O–H groups in total. The van der Waals surface area contributed by atoms with Crippen LogP contribution in [0.15, 0.2) is 73.2 Å². The number of benzene rings is 2. The van der Waals surface area contributed by atoms with Crippen LogP contribution in [0.4, 0.5) is 19.7 Å². The Hall–Kier alpha value is -5.19. The number of anilines is 1. The summed E-state index contributed by atoms with van der Waals surface area (Å²) in [6.07, 6.45) is 3.08. The molecule has 2 aromatic heterocycles. The molecule has 4 aromatic rings. The number of halogens is 1. The van der Waals surface area contributed by atoms with Crippen LogP contribution in [0.3, 0.4) is 0 Å². The monoisotopic (exact) mass is 572 g/mol. The van der Waals surface area contributed by atoms with Gasteiger partial charge in [0.25, 0.3) is 5.91 Å². The van der Waals surface area contributed by atoms with Crippen LogP contribution in [0.1, 0.15) is 42.4 Å². The number of pyridine rings is 1. The summed E-state index contributed by atoms with van der Waals surface area (Å²) in [6.45, 7) is 5.88. The smallest absolute Gasteiger partial charge is 0.434 e. The van der Waals surface area contributed by atoms with Gasteiger partial charge in [0.1, 0.15) is 11.6 Å². The minimum Gasteiger partial charge on any atom is -0.434 e. The van der Waals surface area contributed by atoms with E-state index in [9.17, 15) is 18.8 Å². The van der Waals surface area contributed by atoms with Crippen molar-refractivity contribution in [3.05, 3.63) is 95.8 Å². The molecule has 10 nitrogen and oxygen atoms in total. The first-order chi connectivity index (χ1) is 20.1. The quantitative estimate of drug-likeness (QED) is 0.282. The minimum absolute atomic E-state index is 0.0663. The number of hydrogen-bond acceptors (Lipinski definition) is 7. The molecule has 0 spiro atoms. The molecule has 1 aliphatic heterocycles. The van der Waals surface area contributed by atoms with Gasteiger partial charge in [0.05, 0.1) is 18.5 Å². The summed E-state index contributed by atoms with van der Waals surface area (Å²) >= 11 is 0. The topological polar surface area (TPSA) is 114 Å². The van der Waals surface area contributed by atoms with Gasteiger partial charge >= 0.3 is 12.2 Å². The number of carbonyl (C=O) groups is 3. The number of fused-ring (bicyclic) bond motifs is 3. The second-order valence-corrected chi connectivity index (χ2v) is 10.3. The number of carbonyl (C=O) groups excluding carboxylic acids is 3. The maximum Gasteiger partial charge on any atom is 0.513 e. The number of amides is 2. The Kier molecular flexibility index (Phi) is 7.66. The highest BCUT2D eigenvalue weighted by Crippen LogP contribution is 2.41. The molecule has 216 valence electrons. The van der Waals surface area contributed by atoms with Crippen molar-refractivity contribution in [2.75, 3.05) is 25.1 Å². The number of ether oxygens (including phenoxy) is 3. The standard InChI is InChI=1S/C31H29FN4O6/c1-5-40-30(39)42-25-17-36(28(37)19-6-8-20(32)9-7-19)18-31(2,3)26-23-11-10-22(16-24(23)34-27(25)26)41-29(38)35(4)21-12-14-33-15-13-21/h6-17,34H,5,18H2,1-4H3. The van der Waals surface area contributed by atoms with Gasteiger partial charge in [-0.3, -0.25) is 14.7 Å². The third kappa shape index (κ3) is 5.67. The van der Waals surface area contributed by atoms with E-state index in [4.69, 9.17) is 14.2 Å². The normalized spacial score (nSPS) is 13.9. The number of nitrogens with zero attached hydrogens (tertiary/aromatic N) is 3. The molecule has 0 radical (unpaired) electrons. The van der Waals surface area contributed by atoms with E-state index < -0.39 is 29.4 Å². The fraction of sp³-hybridized carbons (Fsp3) is 0.226. The van der Waals surface area contributed by atoms with Gasteiger partial charge in [-0.1, -0.05) is 13.8 Å². The molecule has 42 heavy (non-hydrogen) atoms. The summed E-state index contributed by atoms with van der Waals surface area (Å²) in [5, 5.41) is 0.784. The van der Waals surface area contributed by atoms with Crippen LogP contribution in [0.25, 0.3) is 16.7 Å². The zero-order valence-corrected chi connectivity index (χ0v) is 23.5. The lowest BCUT2D eigenvalue weighted by Crippen LogP contribution is -2.36. The summed E-state index contributed by atoms with van der Waals surface area (Å²) in [5.74, 6) is -0.487. The van der Waals surface area contributed by atoms with E-state index in [0.29, 0.717) is 22.6 Å². The SMILES string of the molecule is CCOC(=O)OC1=CN(C(=O)c2ccc(F)cc2)CC(C)(C)c2c1[nH]c1cc(OC(=O)N(C)c3ccncc3)ccc21. The summed E-state index contributed by atoms with van der Waals surface area (Å²) in [6, 6.07) is 13.8. The van der Waals surface area contributed by atoms with Crippen molar-refractivity contribution in [3.63, 3.8) is 0 Å². The van der Waals surface area contributed by atoms with Crippen LogP contribution in [0.5, 0.6) is 5.75 Å². The van der Waals surface area contributed by atoms with Crippen LogP contribution in [0, 0.1) is 5.82 Å². The minimum atomic E-state index is -0.934. The fourth-order valence-corrected chi connectivity index (χ4v) is 4.93. The molecule has 1 aliphatic rings. The molecule has 0 saturated heterocycles. The second kappa shape index (κ2) is 11.4. The van der Waals surface area contributed by atoms with E-state index in [1.165, 1.54) is 40.3 Å². The van der Waals surface area contributed by atoms with Crippen molar-refractivity contribution >= 4 is 40.5 Å². The lowest BCUT2D eigenvalue weighted by molar-refractivity contribution is 0.0788. The Balaban J connectivity index is 1.53. The summed E-state index contributed by atoms with van der Waals surface area (Å²) in [4.78, 5) is 48.8. The molecule has 2 amide bonds. The van der Waals surface area contributed by atoms with Crippen molar-refractivity contribution in [2.24, 2.45) is 0 Å². The summed E-state index contributed by atoms with van der Waals surface area (Å²) in [5.41, 5.74) is 2.12. The number of nitrogens with one attached hydrogen (secondary N) is 1. The summed E-state index contributed by atoms with van der Waals surface area (Å²) in [7, 11) is 1.60. The van der Waals surface area contributed by atoms with Gasteiger partial charge in [0.15, 0.2) is 5.76 Å². The molecule has 5 rings (SSSR count). The predicted molar refractivity (Wildman–Crippen MR) is 154 cm³/mol. The molecule has 0 saturated carbocycles.